The topological polar surface area (TPSA) is 63.2 Å². The molecule has 5 nitrogen and oxygen atoms in total. The Labute approximate surface area is 110 Å². The zero-order valence-electron chi connectivity index (χ0n) is 10.2. The molecule has 19 heavy (non-hydrogen) atoms. The largest absolute Gasteiger partial charge is 0.482 e. The number of benzene rings is 1. The number of carbonyl (C=O) groups excluding carboxylic acids is 1. The van der Waals surface area contributed by atoms with Crippen molar-refractivity contribution in [3.63, 3.8) is 0 Å². The first-order chi connectivity index (χ1) is 9.31. The molecule has 0 radical (unpaired) electrons. The van der Waals surface area contributed by atoms with E-state index in [4.69, 9.17) is 4.74 Å². The van der Waals surface area contributed by atoms with Crippen molar-refractivity contribution in [2.45, 2.75) is 6.54 Å². The van der Waals surface area contributed by atoms with E-state index in [0.29, 0.717) is 18.0 Å². The molecule has 2 N–H and O–H groups in total. The lowest BCUT2D eigenvalue weighted by Gasteiger charge is -2.18. The molecule has 0 bridgehead atoms. The molecular weight excluding hydrogens is 242 g/mol. The van der Waals surface area contributed by atoms with E-state index in [2.05, 4.69) is 15.6 Å². The fraction of sp³-hybridized carbons (Fsp3) is 0.143. The summed E-state index contributed by atoms with van der Waals surface area (Å²) in [7, 11) is 0. The van der Waals surface area contributed by atoms with Crippen LogP contribution in [0.1, 0.15) is 5.69 Å². The second-order valence-corrected chi connectivity index (χ2v) is 4.22. The molecule has 3 rings (SSSR count). The van der Waals surface area contributed by atoms with Gasteiger partial charge in [-0.2, -0.15) is 0 Å². The maximum Gasteiger partial charge on any atom is 0.262 e. The summed E-state index contributed by atoms with van der Waals surface area (Å²) in [6, 6.07) is 11.4. The van der Waals surface area contributed by atoms with E-state index in [9.17, 15) is 4.79 Å². The Balaban J connectivity index is 1.72. The van der Waals surface area contributed by atoms with Crippen LogP contribution in [0.3, 0.4) is 0 Å². The van der Waals surface area contributed by atoms with Crippen LogP contribution in [0.2, 0.25) is 0 Å². The molecule has 1 aliphatic heterocycles. The number of aromatic nitrogens is 1. The second kappa shape index (κ2) is 4.97. The Morgan fingerprint density at radius 2 is 2.26 bits per heavy atom. The summed E-state index contributed by atoms with van der Waals surface area (Å²) in [6.45, 7) is 0.710. The second-order valence-electron chi connectivity index (χ2n) is 4.22. The van der Waals surface area contributed by atoms with Crippen molar-refractivity contribution in [2.24, 2.45) is 0 Å². The number of hydrogen-bond donors (Lipinski definition) is 2. The van der Waals surface area contributed by atoms with Crippen LogP contribution in [0.4, 0.5) is 11.4 Å². The third-order valence-corrected chi connectivity index (χ3v) is 2.81. The van der Waals surface area contributed by atoms with Crippen molar-refractivity contribution in [2.75, 3.05) is 17.2 Å². The number of rotatable bonds is 3. The first kappa shape index (κ1) is 11.5. The number of fused-ring (bicyclic) bond motifs is 1. The number of anilines is 2. The number of amides is 1. The average molecular weight is 255 g/mol. The number of carbonyl (C=O) groups is 1. The molecule has 1 aromatic heterocycles. The summed E-state index contributed by atoms with van der Waals surface area (Å²) < 4.78 is 5.30. The standard InChI is InChI=1S/C14H13N3O2/c18-14-9-19-13-5-4-10(7-12(13)17-14)16-8-11-3-1-2-6-15-11/h1-7,16H,8-9H2,(H,17,18). The lowest BCUT2D eigenvalue weighted by Crippen LogP contribution is -2.25. The van der Waals surface area contributed by atoms with Gasteiger partial charge in [0.15, 0.2) is 6.61 Å². The molecule has 1 aromatic carbocycles. The van der Waals surface area contributed by atoms with Gasteiger partial charge >= 0.3 is 0 Å². The van der Waals surface area contributed by atoms with Gasteiger partial charge in [0.25, 0.3) is 5.91 Å². The Kier molecular flexibility index (Phi) is 3.02. The Hall–Kier alpha value is -2.56. The van der Waals surface area contributed by atoms with Gasteiger partial charge in [0, 0.05) is 11.9 Å². The summed E-state index contributed by atoms with van der Waals surface area (Å²) in [6.07, 6.45) is 1.76. The average Bonchev–Trinajstić information content (AvgIpc) is 2.46. The van der Waals surface area contributed by atoms with E-state index in [1.165, 1.54) is 0 Å². The van der Waals surface area contributed by atoms with Crippen LogP contribution in [0.15, 0.2) is 42.6 Å². The van der Waals surface area contributed by atoms with Crippen LogP contribution in [-0.4, -0.2) is 17.5 Å². The summed E-state index contributed by atoms with van der Waals surface area (Å²) in [4.78, 5) is 15.5. The van der Waals surface area contributed by atoms with Gasteiger partial charge in [0.05, 0.1) is 17.9 Å². The Morgan fingerprint density at radius 1 is 1.32 bits per heavy atom. The van der Waals surface area contributed by atoms with E-state index in [0.717, 1.165) is 11.4 Å². The number of pyridine rings is 1. The van der Waals surface area contributed by atoms with Crippen molar-refractivity contribution in [3.8, 4) is 5.75 Å². The minimum atomic E-state index is -0.130. The highest BCUT2D eigenvalue weighted by atomic mass is 16.5. The van der Waals surface area contributed by atoms with Gasteiger partial charge < -0.3 is 15.4 Å². The van der Waals surface area contributed by atoms with Crippen molar-refractivity contribution in [1.82, 2.24) is 4.98 Å². The maximum absolute atomic E-state index is 11.2. The van der Waals surface area contributed by atoms with Crippen LogP contribution in [0.25, 0.3) is 0 Å². The lowest BCUT2D eigenvalue weighted by molar-refractivity contribution is -0.118. The van der Waals surface area contributed by atoms with Gasteiger partial charge in [-0.15, -0.1) is 0 Å². The van der Waals surface area contributed by atoms with Crippen LogP contribution >= 0.6 is 0 Å². The monoisotopic (exact) mass is 255 g/mol. The molecule has 1 amide bonds. The summed E-state index contributed by atoms with van der Waals surface area (Å²) in [5.41, 5.74) is 2.57. The minimum Gasteiger partial charge on any atom is -0.482 e. The van der Waals surface area contributed by atoms with Crippen molar-refractivity contribution >= 4 is 17.3 Å². The number of hydrogen-bond acceptors (Lipinski definition) is 4. The fourth-order valence-corrected chi connectivity index (χ4v) is 1.89. The number of nitrogens with zero attached hydrogens (tertiary/aromatic N) is 1. The van der Waals surface area contributed by atoms with Gasteiger partial charge in [-0.1, -0.05) is 6.07 Å². The molecule has 96 valence electrons. The molecule has 2 heterocycles. The summed E-state index contributed by atoms with van der Waals surface area (Å²) in [5.74, 6) is 0.567. The third-order valence-electron chi connectivity index (χ3n) is 2.81. The Morgan fingerprint density at radius 3 is 3.11 bits per heavy atom. The molecule has 0 unspecified atom stereocenters. The van der Waals surface area contributed by atoms with Crippen LogP contribution in [0, 0.1) is 0 Å². The zero-order chi connectivity index (χ0) is 13.1. The summed E-state index contributed by atoms with van der Waals surface area (Å²) >= 11 is 0. The van der Waals surface area contributed by atoms with E-state index >= 15 is 0 Å². The maximum atomic E-state index is 11.2. The summed E-state index contributed by atoms with van der Waals surface area (Å²) in [5, 5.41) is 6.04. The van der Waals surface area contributed by atoms with Crippen LogP contribution in [-0.2, 0) is 11.3 Å². The van der Waals surface area contributed by atoms with Gasteiger partial charge in [-0.3, -0.25) is 9.78 Å². The van der Waals surface area contributed by atoms with E-state index in [1.54, 1.807) is 6.20 Å². The first-order valence-corrected chi connectivity index (χ1v) is 6.02. The molecule has 0 spiro atoms. The molecule has 0 fully saturated rings. The molecular formula is C14H13N3O2. The molecule has 0 atom stereocenters. The van der Waals surface area contributed by atoms with E-state index < -0.39 is 0 Å². The molecule has 1 aliphatic rings. The van der Waals surface area contributed by atoms with Crippen LogP contribution < -0.4 is 15.4 Å². The van der Waals surface area contributed by atoms with Crippen LogP contribution in [0.5, 0.6) is 5.75 Å². The highest BCUT2D eigenvalue weighted by Gasteiger charge is 2.15. The van der Waals surface area contributed by atoms with Gasteiger partial charge in [-0.25, -0.2) is 0 Å². The fourth-order valence-electron chi connectivity index (χ4n) is 1.89. The quantitative estimate of drug-likeness (QED) is 0.880. The van der Waals surface area contributed by atoms with Gasteiger partial charge in [0.1, 0.15) is 5.75 Å². The third kappa shape index (κ3) is 2.65. The minimum absolute atomic E-state index is 0.0771. The Bertz CT molecular complexity index is 599. The van der Waals surface area contributed by atoms with Gasteiger partial charge in [0.2, 0.25) is 0 Å². The van der Waals surface area contributed by atoms with E-state index in [1.807, 2.05) is 36.4 Å². The van der Waals surface area contributed by atoms with Crippen molar-refractivity contribution in [3.05, 3.63) is 48.3 Å². The zero-order valence-corrected chi connectivity index (χ0v) is 10.2. The lowest BCUT2D eigenvalue weighted by atomic mass is 10.2. The van der Waals surface area contributed by atoms with Crippen molar-refractivity contribution < 1.29 is 9.53 Å². The SMILES string of the molecule is O=C1COc2ccc(NCc3ccccn3)cc2N1. The normalized spacial score (nSPS) is 13.2. The predicted molar refractivity (Wildman–Crippen MR) is 72.1 cm³/mol. The molecule has 5 heteroatoms. The smallest absolute Gasteiger partial charge is 0.262 e. The highest BCUT2D eigenvalue weighted by Crippen LogP contribution is 2.30. The molecule has 0 aliphatic carbocycles. The first-order valence-electron chi connectivity index (χ1n) is 6.02. The molecule has 0 saturated heterocycles. The number of nitrogens with one attached hydrogen (secondary N) is 2. The number of ether oxygens (including phenoxy) is 1. The molecule has 0 saturated carbocycles. The highest BCUT2D eigenvalue weighted by molar-refractivity contribution is 5.95. The van der Waals surface area contributed by atoms with E-state index in [-0.39, 0.29) is 12.5 Å². The van der Waals surface area contributed by atoms with Crippen molar-refractivity contribution in [1.29, 1.82) is 0 Å². The predicted octanol–water partition coefficient (Wildman–Crippen LogP) is 2.02. The molecule has 2 aromatic rings. The van der Waals surface area contributed by atoms with Gasteiger partial charge in [-0.05, 0) is 30.3 Å².